The van der Waals surface area contributed by atoms with E-state index in [9.17, 15) is 0 Å². The molecule has 1 aromatic heterocycles. The Morgan fingerprint density at radius 3 is 2.00 bits per heavy atom. The van der Waals surface area contributed by atoms with E-state index < -0.39 is 0 Å². The lowest BCUT2D eigenvalue weighted by atomic mass is 9.80. The molecule has 0 bridgehead atoms. The molecule has 2 nitrogen and oxygen atoms in total. The van der Waals surface area contributed by atoms with Crippen LogP contribution in [0.5, 0.6) is 0 Å². The highest BCUT2D eigenvalue weighted by Crippen LogP contribution is 2.48. The van der Waals surface area contributed by atoms with E-state index >= 15 is 0 Å². The smallest absolute Gasteiger partial charge is 0.0782 e. The Balaban J connectivity index is 1.29. The fourth-order valence-corrected chi connectivity index (χ4v) is 8.99. The molecular weight excluding hydrogens is 629 g/mol. The van der Waals surface area contributed by atoms with Gasteiger partial charge in [-0.05, 0) is 93.9 Å². The second-order valence-corrected chi connectivity index (χ2v) is 14.3. The van der Waals surface area contributed by atoms with Crippen LogP contribution < -0.4 is 4.90 Å². The van der Waals surface area contributed by atoms with Crippen LogP contribution in [0.25, 0.3) is 60.2 Å². The Bertz CT molecular complexity index is 2730. The van der Waals surface area contributed by atoms with Gasteiger partial charge in [0.1, 0.15) is 0 Å². The molecule has 0 spiro atoms. The van der Waals surface area contributed by atoms with Crippen LogP contribution in [0.2, 0.25) is 0 Å². The normalized spacial score (nSPS) is 13.7. The maximum Gasteiger partial charge on any atom is 0.0782 e. The maximum absolute atomic E-state index is 2.52. The second-order valence-electron chi connectivity index (χ2n) is 14.3. The van der Waals surface area contributed by atoms with Crippen molar-refractivity contribution in [3.8, 4) is 16.8 Å². The fraction of sp³-hybridized carbons (Fsp3) is 0.120. The SMILES string of the molecule is c1ccc(-n2c3ccccc3c3cccc(N(c4ccc5ccccc5c4)c4ccccc4-c4cccc5cccc(C6CCCCC6)c45)c32)cc1. The van der Waals surface area contributed by atoms with Crippen LogP contribution in [0.4, 0.5) is 17.1 Å². The molecule has 2 heteroatoms. The molecule has 52 heavy (non-hydrogen) atoms. The van der Waals surface area contributed by atoms with Crippen molar-refractivity contribution in [1.29, 1.82) is 0 Å². The number of anilines is 3. The zero-order valence-electron chi connectivity index (χ0n) is 29.3. The molecule has 0 atom stereocenters. The zero-order chi connectivity index (χ0) is 34.4. The van der Waals surface area contributed by atoms with Crippen molar-refractivity contribution in [3.05, 3.63) is 181 Å². The Morgan fingerprint density at radius 2 is 1.12 bits per heavy atom. The average Bonchev–Trinajstić information content (AvgIpc) is 3.56. The van der Waals surface area contributed by atoms with Gasteiger partial charge in [0.05, 0.1) is 22.4 Å². The molecule has 250 valence electrons. The summed E-state index contributed by atoms with van der Waals surface area (Å²) in [6.07, 6.45) is 6.52. The molecule has 10 rings (SSSR count). The van der Waals surface area contributed by atoms with Crippen LogP contribution in [-0.4, -0.2) is 4.57 Å². The Labute approximate surface area is 305 Å². The molecule has 1 fully saturated rings. The van der Waals surface area contributed by atoms with Crippen molar-refractivity contribution >= 4 is 60.4 Å². The number of hydrogen-bond acceptors (Lipinski definition) is 1. The summed E-state index contributed by atoms with van der Waals surface area (Å²) < 4.78 is 2.45. The lowest BCUT2D eigenvalue weighted by Crippen LogP contribution is -2.13. The predicted molar refractivity (Wildman–Crippen MR) is 222 cm³/mol. The number of benzene rings is 8. The van der Waals surface area contributed by atoms with Crippen molar-refractivity contribution in [2.24, 2.45) is 0 Å². The lowest BCUT2D eigenvalue weighted by molar-refractivity contribution is 0.445. The molecule has 1 aliphatic rings. The Kier molecular flexibility index (Phi) is 7.61. The minimum absolute atomic E-state index is 0.595. The van der Waals surface area contributed by atoms with Gasteiger partial charge in [0, 0.05) is 27.7 Å². The third kappa shape index (κ3) is 5.09. The van der Waals surface area contributed by atoms with Crippen molar-refractivity contribution in [3.63, 3.8) is 0 Å². The molecule has 0 saturated heterocycles. The summed E-state index contributed by atoms with van der Waals surface area (Å²) >= 11 is 0. The summed E-state index contributed by atoms with van der Waals surface area (Å²) in [6, 6.07) is 65.0. The molecule has 0 unspecified atom stereocenters. The number of rotatable bonds is 6. The predicted octanol–water partition coefficient (Wildman–Crippen LogP) is 14.3. The van der Waals surface area contributed by atoms with Gasteiger partial charge in [-0.2, -0.15) is 0 Å². The minimum atomic E-state index is 0.595. The van der Waals surface area contributed by atoms with Crippen LogP contribution in [0.3, 0.4) is 0 Å². The molecule has 1 aliphatic carbocycles. The molecule has 9 aromatic rings. The first-order valence-electron chi connectivity index (χ1n) is 18.8. The first-order valence-corrected chi connectivity index (χ1v) is 18.8. The van der Waals surface area contributed by atoms with Crippen molar-refractivity contribution in [2.45, 2.75) is 38.0 Å². The van der Waals surface area contributed by atoms with E-state index in [1.54, 1.807) is 0 Å². The van der Waals surface area contributed by atoms with Gasteiger partial charge in [0.15, 0.2) is 0 Å². The monoisotopic (exact) mass is 668 g/mol. The molecule has 0 aliphatic heterocycles. The minimum Gasteiger partial charge on any atom is -0.308 e. The lowest BCUT2D eigenvalue weighted by Gasteiger charge is -2.30. The molecule has 8 aromatic carbocycles. The Morgan fingerprint density at radius 1 is 0.462 bits per heavy atom. The molecule has 1 heterocycles. The van der Waals surface area contributed by atoms with Gasteiger partial charge < -0.3 is 9.47 Å². The molecule has 0 N–H and O–H groups in total. The zero-order valence-corrected chi connectivity index (χ0v) is 29.3. The van der Waals surface area contributed by atoms with Crippen molar-refractivity contribution in [1.82, 2.24) is 4.57 Å². The average molecular weight is 669 g/mol. The fourth-order valence-electron chi connectivity index (χ4n) is 8.99. The number of hydrogen-bond donors (Lipinski definition) is 0. The summed E-state index contributed by atoms with van der Waals surface area (Å²) in [5.41, 5.74) is 11.0. The summed E-state index contributed by atoms with van der Waals surface area (Å²) in [6.45, 7) is 0. The van der Waals surface area contributed by atoms with Crippen LogP contribution >= 0.6 is 0 Å². The summed E-state index contributed by atoms with van der Waals surface area (Å²) in [4.78, 5) is 2.52. The highest BCUT2D eigenvalue weighted by molar-refractivity contribution is 6.15. The summed E-state index contributed by atoms with van der Waals surface area (Å²) in [5, 5.41) is 7.68. The van der Waals surface area contributed by atoms with E-state index in [1.807, 2.05) is 0 Å². The number of aromatic nitrogens is 1. The standard InChI is InChI=1S/C50H40N2/c1-3-17-36(18-4-1)41-26-13-20-37-21-14-27-44(49(37)41)42-24-9-11-29-46(42)51(40-33-32-35-16-7-8-19-38(35)34-40)48-31-15-28-45-43-25-10-12-30-47(43)52(50(45)48)39-22-5-2-6-23-39/h2,5-16,19-34,36H,1,3-4,17-18H2. The number of nitrogens with zero attached hydrogens (tertiary/aromatic N) is 2. The highest BCUT2D eigenvalue weighted by atomic mass is 15.2. The maximum atomic E-state index is 2.52. The quantitative estimate of drug-likeness (QED) is 0.171. The van der Waals surface area contributed by atoms with Crippen LogP contribution in [0.15, 0.2) is 176 Å². The summed E-state index contributed by atoms with van der Waals surface area (Å²) in [5.74, 6) is 0.595. The van der Waals surface area contributed by atoms with Crippen LogP contribution in [0, 0.1) is 0 Å². The second kappa shape index (κ2) is 12.9. The van der Waals surface area contributed by atoms with E-state index in [-0.39, 0.29) is 0 Å². The van der Waals surface area contributed by atoms with Crippen LogP contribution in [-0.2, 0) is 0 Å². The van der Waals surface area contributed by atoms with Crippen molar-refractivity contribution in [2.75, 3.05) is 4.90 Å². The molecular formula is C50H40N2. The van der Waals surface area contributed by atoms with Gasteiger partial charge in [-0.15, -0.1) is 0 Å². The van der Waals surface area contributed by atoms with E-state index in [0.717, 1.165) is 17.1 Å². The van der Waals surface area contributed by atoms with Gasteiger partial charge >= 0.3 is 0 Å². The van der Waals surface area contributed by atoms with Gasteiger partial charge in [-0.1, -0.05) is 153 Å². The van der Waals surface area contributed by atoms with Gasteiger partial charge in [-0.3, -0.25) is 0 Å². The largest absolute Gasteiger partial charge is 0.308 e. The highest BCUT2D eigenvalue weighted by Gasteiger charge is 2.25. The van der Waals surface area contributed by atoms with E-state index in [2.05, 4.69) is 185 Å². The van der Waals surface area contributed by atoms with E-state index in [4.69, 9.17) is 0 Å². The first-order chi connectivity index (χ1) is 25.8. The molecule has 0 amide bonds. The number of para-hydroxylation sites is 4. The van der Waals surface area contributed by atoms with Gasteiger partial charge in [0.25, 0.3) is 0 Å². The first kappa shape index (κ1) is 30.7. The topological polar surface area (TPSA) is 8.17 Å². The summed E-state index contributed by atoms with van der Waals surface area (Å²) in [7, 11) is 0. The van der Waals surface area contributed by atoms with E-state index in [1.165, 1.54) is 97.8 Å². The van der Waals surface area contributed by atoms with Crippen LogP contribution in [0.1, 0.15) is 43.6 Å². The van der Waals surface area contributed by atoms with Gasteiger partial charge in [-0.25, -0.2) is 0 Å². The van der Waals surface area contributed by atoms with Gasteiger partial charge in [0.2, 0.25) is 0 Å². The third-order valence-corrected chi connectivity index (χ3v) is 11.3. The van der Waals surface area contributed by atoms with E-state index in [0.29, 0.717) is 5.92 Å². The molecule has 0 radical (unpaired) electrons. The number of fused-ring (bicyclic) bond motifs is 5. The Hall–Kier alpha value is -6.12. The van der Waals surface area contributed by atoms with Crippen molar-refractivity contribution < 1.29 is 0 Å². The third-order valence-electron chi connectivity index (χ3n) is 11.3. The molecule has 1 saturated carbocycles.